The van der Waals surface area contributed by atoms with Gasteiger partial charge in [0.1, 0.15) is 5.56 Å². The van der Waals surface area contributed by atoms with Crippen molar-refractivity contribution < 1.29 is 4.79 Å². The van der Waals surface area contributed by atoms with Gasteiger partial charge in [-0.15, -0.1) is 0 Å². The summed E-state index contributed by atoms with van der Waals surface area (Å²) < 4.78 is 0. The molecule has 3 N–H and O–H groups in total. The highest BCUT2D eigenvalue weighted by molar-refractivity contribution is 5.93. The maximum absolute atomic E-state index is 11.4. The first kappa shape index (κ1) is 12.0. The smallest absolute Gasteiger partial charge is 0.260 e. The fourth-order valence-corrected chi connectivity index (χ4v) is 1.80. The zero-order valence-corrected chi connectivity index (χ0v) is 10.2. The fraction of sp³-hybridized carbons (Fsp3) is 0.154. The van der Waals surface area contributed by atoms with Crippen LogP contribution in [-0.4, -0.2) is 15.9 Å². The average Bonchev–Trinajstić information content (AvgIpc) is 2.27. The van der Waals surface area contributed by atoms with Crippen LogP contribution in [0.15, 0.2) is 29.2 Å². The van der Waals surface area contributed by atoms with Crippen LogP contribution in [0, 0.1) is 13.8 Å². The molecule has 2 heterocycles. The van der Waals surface area contributed by atoms with Crippen LogP contribution in [0.25, 0.3) is 11.3 Å². The second-order valence-corrected chi connectivity index (χ2v) is 4.17. The number of nitrogens with zero attached hydrogens (tertiary/aromatic N) is 1. The van der Waals surface area contributed by atoms with Crippen LogP contribution in [0.3, 0.4) is 0 Å². The Bertz CT molecular complexity index is 654. The lowest BCUT2D eigenvalue weighted by atomic mass is 10.1. The Morgan fingerprint density at radius 3 is 2.61 bits per heavy atom. The highest BCUT2D eigenvalue weighted by atomic mass is 16.2. The van der Waals surface area contributed by atoms with E-state index >= 15 is 0 Å². The maximum atomic E-state index is 11.4. The number of nitrogens with two attached hydrogens (primary N) is 1. The first-order valence-electron chi connectivity index (χ1n) is 5.45. The van der Waals surface area contributed by atoms with Gasteiger partial charge in [-0.2, -0.15) is 0 Å². The summed E-state index contributed by atoms with van der Waals surface area (Å²) in [4.78, 5) is 29.4. The molecule has 1 amide bonds. The Morgan fingerprint density at radius 2 is 2.00 bits per heavy atom. The second kappa shape index (κ2) is 4.44. The minimum Gasteiger partial charge on any atom is -0.365 e. The molecule has 0 aliphatic carbocycles. The minimum atomic E-state index is -0.748. The van der Waals surface area contributed by atoms with Gasteiger partial charge in [-0.3, -0.25) is 14.6 Å². The van der Waals surface area contributed by atoms with E-state index in [1.54, 1.807) is 0 Å². The molecule has 18 heavy (non-hydrogen) atoms. The average molecular weight is 243 g/mol. The summed E-state index contributed by atoms with van der Waals surface area (Å²) in [5.74, 6) is -0.748. The monoisotopic (exact) mass is 243 g/mol. The van der Waals surface area contributed by atoms with Gasteiger partial charge in [0.05, 0.1) is 5.69 Å². The third kappa shape index (κ3) is 2.29. The van der Waals surface area contributed by atoms with Gasteiger partial charge in [-0.1, -0.05) is 0 Å². The van der Waals surface area contributed by atoms with Crippen molar-refractivity contribution in [2.24, 2.45) is 5.73 Å². The van der Waals surface area contributed by atoms with Crippen LogP contribution in [0.5, 0.6) is 0 Å². The predicted octanol–water partition coefficient (Wildman–Crippen LogP) is 1.15. The molecule has 0 aliphatic heterocycles. The molecule has 2 rings (SSSR count). The molecule has 0 spiro atoms. The number of primary amides is 1. The molecule has 0 unspecified atom stereocenters. The number of aromatic amines is 1. The molecular weight excluding hydrogens is 230 g/mol. The quantitative estimate of drug-likeness (QED) is 0.829. The van der Waals surface area contributed by atoms with E-state index in [-0.39, 0.29) is 5.56 Å². The first-order valence-corrected chi connectivity index (χ1v) is 5.45. The number of H-pyrrole nitrogens is 1. The molecule has 5 heteroatoms. The molecule has 0 fully saturated rings. The Hall–Kier alpha value is -2.43. The fourth-order valence-electron chi connectivity index (χ4n) is 1.80. The largest absolute Gasteiger partial charge is 0.365 e. The lowest BCUT2D eigenvalue weighted by molar-refractivity contribution is 0.0999. The van der Waals surface area contributed by atoms with Crippen molar-refractivity contribution in [2.75, 3.05) is 0 Å². The number of carbonyl (C=O) groups excluding carboxylic acids is 1. The van der Waals surface area contributed by atoms with Crippen LogP contribution in [0.2, 0.25) is 0 Å². The molecule has 0 saturated carbocycles. The number of carbonyl (C=O) groups is 1. The van der Waals surface area contributed by atoms with Crippen molar-refractivity contribution in [1.29, 1.82) is 0 Å². The van der Waals surface area contributed by atoms with Crippen LogP contribution >= 0.6 is 0 Å². The summed E-state index contributed by atoms with van der Waals surface area (Å²) >= 11 is 0. The van der Waals surface area contributed by atoms with Gasteiger partial charge in [0, 0.05) is 17.5 Å². The second-order valence-electron chi connectivity index (χ2n) is 4.17. The Kier molecular flexibility index (Phi) is 2.97. The Morgan fingerprint density at radius 1 is 1.28 bits per heavy atom. The molecule has 0 atom stereocenters. The van der Waals surface area contributed by atoms with Gasteiger partial charge in [0.15, 0.2) is 0 Å². The molecule has 92 valence electrons. The summed E-state index contributed by atoms with van der Waals surface area (Å²) in [6, 6.07) is 5.29. The van der Waals surface area contributed by atoms with E-state index in [1.165, 1.54) is 12.3 Å². The van der Waals surface area contributed by atoms with E-state index < -0.39 is 11.5 Å². The van der Waals surface area contributed by atoms with Gasteiger partial charge in [-0.25, -0.2) is 0 Å². The molecule has 0 aliphatic rings. The number of aryl methyl sites for hydroxylation is 2. The van der Waals surface area contributed by atoms with E-state index in [9.17, 15) is 9.59 Å². The first-order chi connectivity index (χ1) is 8.47. The molecular formula is C13H13N3O2. The van der Waals surface area contributed by atoms with E-state index in [0.717, 1.165) is 11.3 Å². The van der Waals surface area contributed by atoms with Crippen molar-refractivity contribution in [2.45, 2.75) is 13.8 Å². The number of rotatable bonds is 2. The standard InChI is InChI=1S/C13H13N3O2/c1-7-3-8(2)16-11(4-7)9-5-10(12(14)17)13(18)15-6-9/h3-6H,1-2H3,(H2,14,17)(H,15,18). The summed E-state index contributed by atoms with van der Waals surface area (Å²) in [5, 5.41) is 0. The molecule has 0 aromatic carbocycles. The van der Waals surface area contributed by atoms with Crippen molar-refractivity contribution in [1.82, 2.24) is 9.97 Å². The minimum absolute atomic E-state index is 0.0616. The topological polar surface area (TPSA) is 88.8 Å². The maximum Gasteiger partial charge on any atom is 0.260 e. The van der Waals surface area contributed by atoms with Gasteiger partial charge in [0.25, 0.3) is 11.5 Å². The number of aromatic nitrogens is 2. The Labute approximate surface area is 104 Å². The van der Waals surface area contributed by atoms with Crippen LogP contribution in [0.1, 0.15) is 21.6 Å². The van der Waals surface area contributed by atoms with Crippen molar-refractivity contribution >= 4 is 5.91 Å². The highest BCUT2D eigenvalue weighted by Crippen LogP contribution is 2.18. The molecule has 0 saturated heterocycles. The third-order valence-electron chi connectivity index (χ3n) is 2.56. The highest BCUT2D eigenvalue weighted by Gasteiger charge is 2.09. The third-order valence-corrected chi connectivity index (χ3v) is 2.56. The van der Waals surface area contributed by atoms with Crippen LogP contribution in [0.4, 0.5) is 0 Å². The zero-order chi connectivity index (χ0) is 13.3. The van der Waals surface area contributed by atoms with Crippen molar-refractivity contribution in [3.8, 4) is 11.3 Å². The van der Waals surface area contributed by atoms with Crippen molar-refractivity contribution in [3.05, 3.63) is 51.6 Å². The lowest BCUT2D eigenvalue weighted by Crippen LogP contribution is -2.23. The molecule has 2 aromatic rings. The molecule has 0 radical (unpaired) electrons. The van der Waals surface area contributed by atoms with Gasteiger partial charge in [-0.05, 0) is 37.6 Å². The predicted molar refractivity (Wildman–Crippen MR) is 68.3 cm³/mol. The van der Waals surface area contributed by atoms with E-state index in [1.807, 2.05) is 26.0 Å². The normalized spacial score (nSPS) is 10.3. The summed E-state index contributed by atoms with van der Waals surface area (Å²) in [5.41, 5.74) is 7.88. The van der Waals surface area contributed by atoms with Gasteiger partial charge < -0.3 is 10.7 Å². The number of pyridine rings is 2. The SMILES string of the molecule is Cc1cc(C)nc(-c2c[nH]c(=O)c(C(N)=O)c2)c1. The zero-order valence-electron chi connectivity index (χ0n) is 10.2. The van der Waals surface area contributed by atoms with E-state index in [2.05, 4.69) is 9.97 Å². The summed E-state index contributed by atoms with van der Waals surface area (Å²) in [7, 11) is 0. The number of nitrogens with one attached hydrogen (secondary N) is 1. The molecule has 5 nitrogen and oxygen atoms in total. The molecule has 0 bridgehead atoms. The summed E-state index contributed by atoms with van der Waals surface area (Å²) in [6.07, 6.45) is 1.52. The van der Waals surface area contributed by atoms with E-state index in [0.29, 0.717) is 11.3 Å². The Balaban J connectivity index is 2.61. The van der Waals surface area contributed by atoms with Crippen molar-refractivity contribution in [3.63, 3.8) is 0 Å². The number of hydrogen-bond acceptors (Lipinski definition) is 3. The van der Waals surface area contributed by atoms with E-state index in [4.69, 9.17) is 5.73 Å². The summed E-state index contributed by atoms with van der Waals surface area (Å²) in [6.45, 7) is 3.84. The number of hydrogen-bond donors (Lipinski definition) is 2. The molecule has 2 aromatic heterocycles. The van der Waals surface area contributed by atoms with Gasteiger partial charge >= 0.3 is 0 Å². The van der Waals surface area contributed by atoms with Gasteiger partial charge in [0.2, 0.25) is 0 Å². The lowest BCUT2D eigenvalue weighted by Gasteiger charge is -2.05. The number of amides is 1. The van der Waals surface area contributed by atoms with Crippen LogP contribution < -0.4 is 11.3 Å². The van der Waals surface area contributed by atoms with Crippen LogP contribution in [-0.2, 0) is 0 Å².